The van der Waals surface area contributed by atoms with E-state index in [4.69, 9.17) is 0 Å². The van der Waals surface area contributed by atoms with Crippen molar-refractivity contribution >= 4 is 27.1 Å². The maximum atomic E-state index is 12.9. The van der Waals surface area contributed by atoms with Gasteiger partial charge in [0, 0.05) is 13.0 Å². The first-order chi connectivity index (χ1) is 11.1. The molecular formula is C17H21NO3S2. The SMILES string of the molecule is CCCCC(=O)NC[C@H](c1ccccc1)S(=O)(=O)c1cccs1. The van der Waals surface area contributed by atoms with E-state index in [9.17, 15) is 13.2 Å². The number of hydrogen-bond donors (Lipinski definition) is 1. The molecule has 1 aromatic heterocycles. The van der Waals surface area contributed by atoms with Gasteiger partial charge >= 0.3 is 0 Å². The van der Waals surface area contributed by atoms with Crippen molar-refractivity contribution in [3.8, 4) is 0 Å². The summed E-state index contributed by atoms with van der Waals surface area (Å²) in [6.07, 6.45) is 2.17. The van der Waals surface area contributed by atoms with Crippen molar-refractivity contribution in [3.63, 3.8) is 0 Å². The monoisotopic (exact) mass is 351 g/mol. The molecule has 0 spiro atoms. The molecule has 2 rings (SSSR count). The number of thiophene rings is 1. The number of carbonyl (C=O) groups is 1. The predicted molar refractivity (Wildman–Crippen MR) is 93.2 cm³/mol. The summed E-state index contributed by atoms with van der Waals surface area (Å²) >= 11 is 1.20. The molecule has 4 nitrogen and oxygen atoms in total. The summed E-state index contributed by atoms with van der Waals surface area (Å²) < 4.78 is 26.1. The molecular weight excluding hydrogens is 330 g/mol. The molecule has 1 heterocycles. The molecule has 0 saturated carbocycles. The molecule has 6 heteroatoms. The standard InChI is InChI=1S/C17H21NO3S2/c1-2-3-10-16(19)18-13-15(14-8-5-4-6-9-14)23(20,21)17-11-7-12-22-17/h4-9,11-12,15H,2-3,10,13H2,1H3,(H,18,19)/t15-/m1/s1. The van der Waals surface area contributed by atoms with E-state index < -0.39 is 15.1 Å². The molecule has 1 aromatic carbocycles. The highest BCUT2D eigenvalue weighted by molar-refractivity contribution is 7.93. The normalized spacial score (nSPS) is 12.7. The number of unbranched alkanes of at least 4 members (excludes halogenated alkanes) is 1. The first kappa shape index (κ1) is 17.7. The van der Waals surface area contributed by atoms with Gasteiger partial charge in [0.25, 0.3) is 0 Å². The van der Waals surface area contributed by atoms with Gasteiger partial charge in [-0.3, -0.25) is 4.79 Å². The van der Waals surface area contributed by atoms with Crippen LogP contribution in [0, 0.1) is 0 Å². The van der Waals surface area contributed by atoms with E-state index in [2.05, 4.69) is 5.32 Å². The summed E-state index contributed by atoms with van der Waals surface area (Å²) in [6.45, 7) is 2.11. The average molecular weight is 351 g/mol. The number of sulfone groups is 1. The summed E-state index contributed by atoms with van der Waals surface area (Å²) in [5, 5.41) is 3.75. The number of amides is 1. The van der Waals surface area contributed by atoms with Gasteiger partial charge in [-0.2, -0.15) is 0 Å². The molecule has 0 unspecified atom stereocenters. The minimum atomic E-state index is -3.52. The molecule has 1 atom stereocenters. The molecule has 0 radical (unpaired) electrons. The highest BCUT2D eigenvalue weighted by Crippen LogP contribution is 2.31. The highest BCUT2D eigenvalue weighted by atomic mass is 32.2. The second kappa shape index (κ2) is 8.26. The van der Waals surface area contributed by atoms with Gasteiger partial charge in [-0.1, -0.05) is 49.7 Å². The van der Waals surface area contributed by atoms with Crippen molar-refractivity contribution in [2.24, 2.45) is 0 Å². The van der Waals surface area contributed by atoms with Crippen LogP contribution >= 0.6 is 11.3 Å². The molecule has 0 aliphatic carbocycles. The first-order valence-electron chi connectivity index (χ1n) is 7.64. The number of hydrogen-bond acceptors (Lipinski definition) is 4. The zero-order valence-corrected chi connectivity index (χ0v) is 14.7. The molecule has 0 aliphatic heterocycles. The molecule has 1 amide bonds. The Labute approximate surface area is 141 Å². The first-order valence-corrected chi connectivity index (χ1v) is 10.1. The maximum Gasteiger partial charge on any atom is 0.220 e. The largest absolute Gasteiger partial charge is 0.354 e. The van der Waals surface area contributed by atoms with Gasteiger partial charge in [0.05, 0.1) is 0 Å². The molecule has 0 bridgehead atoms. The second-order valence-electron chi connectivity index (χ2n) is 5.28. The van der Waals surface area contributed by atoms with Crippen LogP contribution in [0.25, 0.3) is 0 Å². The quantitative estimate of drug-likeness (QED) is 0.791. The number of rotatable bonds is 8. The van der Waals surface area contributed by atoms with Gasteiger partial charge < -0.3 is 5.32 Å². The zero-order valence-electron chi connectivity index (χ0n) is 13.1. The third kappa shape index (κ3) is 4.65. The predicted octanol–water partition coefficient (Wildman–Crippen LogP) is 3.57. The molecule has 23 heavy (non-hydrogen) atoms. The lowest BCUT2D eigenvalue weighted by Gasteiger charge is -2.18. The van der Waals surface area contributed by atoms with Crippen LogP contribution in [0.2, 0.25) is 0 Å². The van der Waals surface area contributed by atoms with Crippen LogP contribution in [0.5, 0.6) is 0 Å². The highest BCUT2D eigenvalue weighted by Gasteiger charge is 2.30. The van der Waals surface area contributed by atoms with Crippen molar-refractivity contribution in [3.05, 3.63) is 53.4 Å². The summed E-state index contributed by atoms with van der Waals surface area (Å²) in [4.78, 5) is 11.8. The van der Waals surface area contributed by atoms with Crippen LogP contribution in [0.1, 0.15) is 37.0 Å². The van der Waals surface area contributed by atoms with E-state index in [1.165, 1.54) is 11.3 Å². The summed E-state index contributed by atoms with van der Waals surface area (Å²) in [5.74, 6) is -0.103. The van der Waals surface area contributed by atoms with Gasteiger partial charge in [-0.05, 0) is 23.4 Å². The second-order valence-corrected chi connectivity index (χ2v) is 8.59. The Morgan fingerprint density at radius 2 is 1.91 bits per heavy atom. The third-order valence-electron chi connectivity index (χ3n) is 3.56. The Hall–Kier alpha value is -1.66. The summed E-state index contributed by atoms with van der Waals surface area (Å²) in [5.41, 5.74) is 0.691. The van der Waals surface area contributed by atoms with Crippen LogP contribution in [-0.4, -0.2) is 20.9 Å². The Bertz CT molecular complexity index is 710. The minimum Gasteiger partial charge on any atom is -0.354 e. The smallest absolute Gasteiger partial charge is 0.220 e. The Morgan fingerprint density at radius 1 is 1.17 bits per heavy atom. The van der Waals surface area contributed by atoms with E-state index in [1.54, 1.807) is 29.6 Å². The minimum absolute atomic E-state index is 0.0901. The fraction of sp³-hybridized carbons (Fsp3) is 0.353. The zero-order chi connectivity index (χ0) is 16.7. The van der Waals surface area contributed by atoms with Crippen LogP contribution < -0.4 is 5.32 Å². The Morgan fingerprint density at radius 3 is 2.52 bits per heavy atom. The molecule has 124 valence electrons. The van der Waals surface area contributed by atoms with Gasteiger partial charge in [0.15, 0.2) is 9.84 Å². The van der Waals surface area contributed by atoms with Crippen LogP contribution in [0.4, 0.5) is 0 Å². The Kier molecular flexibility index (Phi) is 6.36. The number of benzene rings is 1. The third-order valence-corrected chi connectivity index (χ3v) is 7.10. The van der Waals surface area contributed by atoms with E-state index in [1.807, 2.05) is 25.1 Å². The van der Waals surface area contributed by atoms with Crippen LogP contribution in [0.3, 0.4) is 0 Å². The van der Waals surface area contributed by atoms with Crippen LogP contribution in [0.15, 0.2) is 52.1 Å². The lowest BCUT2D eigenvalue weighted by atomic mass is 10.1. The summed E-state index contributed by atoms with van der Waals surface area (Å²) in [6, 6.07) is 12.4. The van der Waals surface area contributed by atoms with E-state index in [0.717, 1.165) is 12.8 Å². The fourth-order valence-corrected chi connectivity index (χ4v) is 5.14. The van der Waals surface area contributed by atoms with E-state index >= 15 is 0 Å². The summed E-state index contributed by atoms with van der Waals surface area (Å²) in [7, 11) is -3.52. The molecule has 0 saturated heterocycles. The van der Waals surface area contributed by atoms with Crippen molar-refractivity contribution in [2.45, 2.75) is 35.6 Å². The lowest BCUT2D eigenvalue weighted by molar-refractivity contribution is -0.121. The van der Waals surface area contributed by atoms with Crippen molar-refractivity contribution in [1.82, 2.24) is 5.32 Å². The van der Waals surface area contributed by atoms with Crippen molar-refractivity contribution in [1.29, 1.82) is 0 Å². The van der Waals surface area contributed by atoms with Gasteiger partial charge in [0.1, 0.15) is 9.46 Å². The number of carbonyl (C=O) groups excluding carboxylic acids is 1. The Balaban J connectivity index is 2.22. The average Bonchev–Trinajstić information content (AvgIpc) is 3.09. The number of nitrogens with one attached hydrogen (secondary N) is 1. The van der Waals surface area contributed by atoms with E-state index in [-0.39, 0.29) is 12.5 Å². The van der Waals surface area contributed by atoms with Crippen molar-refractivity contribution in [2.75, 3.05) is 6.54 Å². The van der Waals surface area contributed by atoms with Crippen molar-refractivity contribution < 1.29 is 13.2 Å². The van der Waals surface area contributed by atoms with Crippen LogP contribution in [-0.2, 0) is 14.6 Å². The van der Waals surface area contributed by atoms with Gasteiger partial charge in [-0.15, -0.1) is 11.3 Å². The van der Waals surface area contributed by atoms with E-state index in [0.29, 0.717) is 16.2 Å². The van der Waals surface area contributed by atoms with Gasteiger partial charge in [-0.25, -0.2) is 8.42 Å². The fourth-order valence-electron chi connectivity index (χ4n) is 2.27. The molecule has 0 aliphatic rings. The molecule has 1 N–H and O–H groups in total. The maximum absolute atomic E-state index is 12.9. The van der Waals surface area contributed by atoms with Gasteiger partial charge in [0.2, 0.25) is 5.91 Å². The molecule has 2 aromatic rings. The lowest BCUT2D eigenvalue weighted by Crippen LogP contribution is -2.31. The molecule has 0 fully saturated rings. The topological polar surface area (TPSA) is 63.2 Å².